The summed E-state index contributed by atoms with van der Waals surface area (Å²) in [6.07, 6.45) is 2.71. The van der Waals surface area contributed by atoms with Gasteiger partial charge < -0.3 is 4.74 Å². The maximum atomic E-state index is 5.89. The van der Waals surface area contributed by atoms with Gasteiger partial charge in [-0.25, -0.2) is 0 Å². The molecule has 2 heteroatoms. The maximum absolute atomic E-state index is 5.89. The molecule has 2 fully saturated rings. The Bertz CT molecular complexity index is 473. The van der Waals surface area contributed by atoms with Crippen molar-refractivity contribution in [1.82, 2.24) is 4.90 Å². The van der Waals surface area contributed by atoms with E-state index in [1.807, 2.05) is 0 Å². The van der Waals surface area contributed by atoms with Crippen molar-refractivity contribution in [2.45, 2.75) is 64.1 Å². The Kier molecular flexibility index (Phi) is 3.64. The summed E-state index contributed by atoms with van der Waals surface area (Å²) in [5.74, 6) is 0.797. The van der Waals surface area contributed by atoms with E-state index in [0.717, 1.165) is 19.1 Å². The van der Waals surface area contributed by atoms with E-state index < -0.39 is 0 Å². The molecule has 0 spiro atoms. The summed E-state index contributed by atoms with van der Waals surface area (Å²) >= 11 is 0. The van der Waals surface area contributed by atoms with Crippen LogP contribution in [0.15, 0.2) is 24.3 Å². The van der Waals surface area contributed by atoms with Crippen molar-refractivity contribution >= 4 is 0 Å². The molecule has 1 aromatic carbocycles. The summed E-state index contributed by atoms with van der Waals surface area (Å²) in [6, 6.07) is 9.88. The van der Waals surface area contributed by atoms with Crippen LogP contribution in [0.1, 0.15) is 63.6 Å². The highest BCUT2D eigenvalue weighted by molar-refractivity contribution is 5.36. The molecule has 20 heavy (non-hydrogen) atoms. The van der Waals surface area contributed by atoms with Crippen molar-refractivity contribution < 1.29 is 4.74 Å². The molecule has 2 unspecified atom stereocenters. The van der Waals surface area contributed by atoms with Crippen LogP contribution in [0.25, 0.3) is 0 Å². The third kappa shape index (κ3) is 2.64. The number of rotatable bonds is 2. The summed E-state index contributed by atoms with van der Waals surface area (Å²) in [5.41, 5.74) is 3.23. The predicted molar refractivity (Wildman–Crippen MR) is 83.0 cm³/mol. The van der Waals surface area contributed by atoms with Crippen LogP contribution in [0.3, 0.4) is 0 Å². The first-order chi connectivity index (χ1) is 9.48. The molecule has 0 aromatic heterocycles. The number of morpholine rings is 1. The predicted octanol–water partition coefficient (Wildman–Crippen LogP) is 4.12. The van der Waals surface area contributed by atoms with Gasteiger partial charge in [-0.2, -0.15) is 0 Å². The van der Waals surface area contributed by atoms with Gasteiger partial charge in [-0.3, -0.25) is 4.90 Å². The van der Waals surface area contributed by atoms with Gasteiger partial charge in [-0.1, -0.05) is 24.3 Å². The molecule has 1 saturated heterocycles. The molecule has 0 bridgehead atoms. The lowest BCUT2D eigenvalue weighted by Gasteiger charge is -2.49. The van der Waals surface area contributed by atoms with Gasteiger partial charge in [0.2, 0.25) is 0 Å². The molecule has 1 aliphatic heterocycles. The van der Waals surface area contributed by atoms with E-state index >= 15 is 0 Å². The van der Waals surface area contributed by atoms with Crippen molar-refractivity contribution in [2.75, 3.05) is 13.2 Å². The fourth-order valence-corrected chi connectivity index (χ4v) is 3.77. The van der Waals surface area contributed by atoms with Gasteiger partial charge in [0, 0.05) is 11.6 Å². The smallest absolute Gasteiger partial charge is 0.0664 e. The van der Waals surface area contributed by atoms with Crippen molar-refractivity contribution in [3.8, 4) is 0 Å². The fraction of sp³-hybridized carbons (Fsp3) is 0.667. The lowest BCUT2D eigenvalue weighted by atomic mass is 9.90. The van der Waals surface area contributed by atoms with Crippen LogP contribution in [0.2, 0.25) is 0 Å². The minimum absolute atomic E-state index is 0.171. The third-order valence-electron chi connectivity index (χ3n) is 4.59. The van der Waals surface area contributed by atoms with Crippen LogP contribution in [-0.2, 0) is 4.74 Å². The second-order valence-electron chi connectivity index (χ2n) is 7.38. The molecular formula is C18H27NO. The molecule has 3 rings (SSSR count). The van der Waals surface area contributed by atoms with E-state index in [2.05, 4.69) is 56.9 Å². The first-order valence-electron chi connectivity index (χ1n) is 7.93. The monoisotopic (exact) mass is 273 g/mol. The average molecular weight is 273 g/mol. The summed E-state index contributed by atoms with van der Waals surface area (Å²) < 4.78 is 5.89. The van der Waals surface area contributed by atoms with E-state index in [1.54, 1.807) is 5.56 Å². The Hall–Kier alpha value is -0.860. The van der Waals surface area contributed by atoms with Gasteiger partial charge >= 0.3 is 0 Å². The molecule has 1 heterocycles. The highest BCUT2D eigenvalue weighted by Gasteiger charge is 2.39. The summed E-state index contributed by atoms with van der Waals surface area (Å²) in [4.78, 5) is 2.65. The molecule has 2 atom stereocenters. The van der Waals surface area contributed by atoms with Crippen molar-refractivity contribution in [2.24, 2.45) is 0 Å². The van der Waals surface area contributed by atoms with Crippen LogP contribution in [-0.4, -0.2) is 29.7 Å². The lowest BCUT2D eigenvalue weighted by Crippen LogP contribution is -2.54. The standard InChI is InChI=1S/C18H27NO/c1-13-11-20-12-17(19(13)18(2,3)4)16-8-6-5-7-15(16)14-9-10-14/h5-8,13-14,17H,9-12H2,1-4H3. The molecule has 1 aromatic rings. The van der Waals surface area contributed by atoms with Gasteiger partial charge in [0.25, 0.3) is 0 Å². The molecular weight excluding hydrogens is 246 g/mol. The number of nitrogens with zero attached hydrogens (tertiary/aromatic N) is 1. The van der Waals surface area contributed by atoms with Crippen LogP contribution in [0.4, 0.5) is 0 Å². The van der Waals surface area contributed by atoms with E-state index in [1.165, 1.54) is 18.4 Å². The van der Waals surface area contributed by atoms with Crippen LogP contribution in [0.5, 0.6) is 0 Å². The lowest BCUT2D eigenvalue weighted by molar-refractivity contribution is -0.0862. The normalized spacial score (nSPS) is 28.6. The molecule has 2 aliphatic rings. The Morgan fingerprint density at radius 2 is 1.70 bits per heavy atom. The van der Waals surface area contributed by atoms with Gasteiger partial charge in [-0.05, 0) is 57.6 Å². The number of hydrogen-bond acceptors (Lipinski definition) is 2. The molecule has 1 saturated carbocycles. The first kappa shape index (κ1) is 14.1. The van der Waals surface area contributed by atoms with E-state index in [0.29, 0.717) is 12.1 Å². The number of ether oxygens (including phenoxy) is 1. The zero-order valence-corrected chi connectivity index (χ0v) is 13.2. The Labute approximate surface area is 123 Å². The van der Waals surface area contributed by atoms with E-state index in [4.69, 9.17) is 4.74 Å². The minimum Gasteiger partial charge on any atom is -0.378 e. The maximum Gasteiger partial charge on any atom is 0.0664 e. The molecule has 2 nitrogen and oxygen atoms in total. The van der Waals surface area contributed by atoms with Gasteiger partial charge in [0.15, 0.2) is 0 Å². The number of hydrogen-bond donors (Lipinski definition) is 0. The Balaban J connectivity index is 1.98. The van der Waals surface area contributed by atoms with Crippen LogP contribution in [0, 0.1) is 0 Å². The molecule has 1 aliphatic carbocycles. The minimum atomic E-state index is 0.171. The highest BCUT2D eigenvalue weighted by Crippen LogP contribution is 2.45. The first-order valence-corrected chi connectivity index (χ1v) is 7.93. The van der Waals surface area contributed by atoms with Gasteiger partial charge in [-0.15, -0.1) is 0 Å². The average Bonchev–Trinajstić information content (AvgIpc) is 3.21. The second-order valence-corrected chi connectivity index (χ2v) is 7.38. The van der Waals surface area contributed by atoms with Crippen molar-refractivity contribution in [3.05, 3.63) is 35.4 Å². The molecule has 0 N–H and O–H groups in total. The molecule has 110 valence electrons. The van der Waals surface area contributed by atoms with Crippen LogP contribution < -0.4 is 0 Å². The van der Waals surface area contributed by atoms with Gasteiger partial charge in [0.05, 0.1) is 19.3 Å². The summed E-state index contributed by atoms with van der Waals surface area (Å²) in [6.45, 7) is 10.9. The third-order valence-corrected chi connectivity index (χ3v) is 4.59. The largest absolute Gasteiger partial charge is 0.378 e. The summed E-state index contributed by atoms with van der Waals surface area (Å²) in [5, 5.41) is 0. The van der Waals surface area contributed by atoms with Crippen LogP contribution >= 0.6 is 0 Å². The zero-order chi connectivity index (χ0) is 14.3. The summed E-state index contributed by atoms with van der Waals surface area (Å²) in [7, 11) is 0. The SMILES string of the molecule is CC1COCC(c2ccccc2C2CC2)N1C(C)(C)C. The van der Waals surface area contributed by atoms with Gasteiger partial charge in [0.1, 0.15) is 0 Å². The topological polar surface area (TPSA) is 12.5 Å². The highest BCUT2D eigenvalue weighted by atomic mass is 16.5. The van der Waals surface area contributed by atoms with Crippen molar-refractivity contribution in [1.29, 1.82) is 0 Å². The zero-order valence-electron chi connectivity index (χ0n) is 13.2. The van der Waals surface area contributed by atoms with E-state index in [-0.39, 0.29) is 5.54 Å². The van der Waals surface area contributed by atoms with E-state index in [9.17, 15) is 0 Å². The Morgan fingerprint density at radius 1 is 1.05 bits per heavy atom. The molecule has 0 radical (unpaired) electrons. The second kappa shape index (κ2) is 5.16. The quantitative estimate of drug-likeness (QED) is 0.803. The fourth-order valence-electron chi connectivity index (χ4n) is 3.77. The van der Waals surface area contributed by atoms with Crippen molar-refractivity contribution in [3.63, 3.8) is 0 Å². The number of benzene rings is 1. The molecule has 0 amide bonds. The Morgan fingerprint density at radius 3 is 2.30 bits per heavy atom.